The molecule has 0 radical (unpaired) electrons. The van der Waals surface area contributed by atoms with Gasteiger partial charge in [0.05, 0.1) is 18.8 Å². The number of nitrogens with one attached hydrogen (secondary N) is 2. The standard InChI is InChI=1S/C21H22N4O/c1-26-19-7-4-16-11-21(8-9-22-14-21)25(20(16)10-19)18-5-2-15(3-6-18)17-12-23-24-13-17/h2-7,10,12-13,22H,8-9,11,14H2,1H3,(H,23,24). The number of aromatic amines is 1. The molecule has 1 saturated heterocycles. The summed E-state index contributed by atoms with van der Waals surface area (Å²) in [6.45, 7) is 2.07. The molecule has 2 aliphatic heterocycles. The maximum Gasteiger partial charge on any atom is 0.120 e. The summed E-state index contributed by atoms with van der Waals surface area (Å²) in [7, 11) is 1.73. The van der Waals surface area contributed by atoms with Gasteiger partial charge in [-0.1, -0.05) is 18.2 Å². The van der Waals surface area contributed by atoms with Crippen LogP contribution < -0.4 is 15.0 Å². The minimum absolute atomic E-state index is 0.117. The van der Waals surface area contributed by atoms with Gasteiger partial charge in [0.1, 0.15) is 5.75 Å². The van der Waals surface area contributed by atoms with Crippen molar-refractivity contribution in [1.82, 2.24) is 15.5 Å². The normalized spacial score (nSPS) is 21.3. The lowest BCUT2D eigenvalue weighted by Gasteiger charge is -2.37. The average molecular weight is 346 g/mol. The Morgan fingerprint density at radius 3 is 2.69 bits per heavy atom. The minimum Gasteiger partial charge on any atom is -0.497 e. The third-order valence-electron chi connectivity index (χ3n) is 5.71. The third kappa shape index (κ3) is 2.31. The van der Waals surface area contributed by atoms with E-state index in [1.165, 1.54) is 22.5 Å². The molecule has 0 bridgehead atoms. The van der Waals surface area contributed by atoms with Gasteiger partial charge in [-0.05, 0) is 48.7 Å². The number of anilines is 2. The van der Waals surface area contributed by atoms with Crippen molar-refractivity contribution in [3.05, 3.63) is 60.4 Å². The molecule has 3 heterocycles. The summed E-state index contributed by atoms with van der Waals surface area (Å²) in [5.74, 6) is 0.909. The van der Waals surface area contributed by atoms with Crippen LogP contribution in [0.5, 0.6) is 5.75 Å². The number of ether oxygens (including phenoxy) is 1. The van der Waals surface area contributed by atoms with Crippen molar-refractivity contribution in [2.45, 2.75) is 18.4 Å². The van der Waals surface area contributed by atoms with Crippen molar-refractivity contribution in [3.8, 4) is 16.9 Å². The summed E-state index contributed by atoms with van der Waals surface area (Å²) in [6.07, 6.45) is 6.00. The molecule has 0 aliphatic carbocycles. The van der Waals surface area contributed by atoms with Crippen LogP contribution in [0.25, 0.3) is 11.1 Å². The molecule has 3 aromatic rings. The summed E-state index contributed by atoms with van der Waals surface area (Å²) >= 11 is 0. The molecule has 1 aromatic heterocycles. The summed E-state index contributed by atoms with van der Waals surface area (Å²) in [5.41, 5.74) is 6.29. The van der Waals surface area contributed by atoms with Crippen LogP contribution in [0, 0.1) is 0 Å². The van der Waals surface area contributed by atoms with Crippen molar-refractivity contribution >= 4 is 11.4 Å². The van der Waals surface area contributed by atoms with E-state index < -0.39 is 0 Å². The summed E-state index contributed by atoms with van der Waals surface area (Å²) in [4.78, 5) is 2.52. The zero-order valence-corrected chi connectivity index (χ0v) is 14.8. The molecule has 5 heteroatoms. The van der Waals surface area contributed by atoms with Crippen LogP contribution in [0.3, 0.4) is 0 Å². The number of H-pyrrole nitrogens is 1. The van der Waals surface area contributed by atoms with Crippen molar-refractivity contribution < 1.29 is 4.74 Å². The maximum atomic E-state index is 5.49. The predicted octanol–water partition coefficient (Wildman–Crippen LogP) is 3.51. The van der Waals surface area contributed by atoms with E-state index in [1.807, 2.05) is 12.4 Å². The van der Waals surface area contributed by atoms with Gasteiger partial charge in [-0.3, -0.25) is 5.10 Å². The Bertz CT molecular complexity index is 912. The number of hydrogen-bond acceptors (Lipinski definition) is 4. The van der Waals surface area contributed by atoms with E-state index in [-0.39, 0.29) is 5.54 Å². The van der Waals surface area contributed by atoms with Crippen LogP contribution in [0.4, 0.5) is 11.4 Å². The number of fused-ring (bicyclic) bond motifs is 1. The maximum absolute atomic E-state index is 5.49. The van der Waals surface area contributed by atoms with Gasteiger partial charge in [-0.2, -0.15) is 5.10 Å². The Morgan fingerprint density at radius 2 is 2.00 bits per heavy atom. The Balaban J connectivity index is 1.59. The largest absolute Gasteiger partial charge is 0.497 e. The van der Waals surface area contributed by atoms with Crippen LogP contribution in [-0.4, -0.2) is 35.9 Å². The molecule has 2 aliphatic rings. The van der Waals surface area contributed by atoms with Gasteiger partial charge in [0.15, 0.2) is 0 Å². The molecule has 2 aromatic carbocycles. The number of methoxy groups -OCH3 is 1. The van der Waals surface area contributed by atoms with Crippen LogP contribution in [0.2, 0.25) is 0 Å². The van der Waals surface area contributed by atoms with E-state index in [2.05, 4.69) is 62.9 Å². The highest BCUT2D eigenvalue weighted by molar-refractivity contribution is 5.76. The smallest absolute Gasteiger partial charge is 0.120 e. The fraction of sp³-hybridized carbons (Fsp3) is 0.286. The molecule has 1 unspecified atom stereocenters. The Hall–Kier alpha value is -2.79. The molecule has 132 valence electrons. The first-order valence-electron chi connectivity index (χ1n) is 9.06. The van der Waals surface area contributed by atoms with E-state index >= 15 is 0 Å². The average Bonchev–Trinajstić information content (AvgIpc) is 3.42. The SMILES string of the molecule is COc1ccc2c(c1)N(c1ccc(-c3cn[nH]c3)cc1)C1(CCNC1)C2. The van der Waals surface area contributed by atoms with Gasteiger partial charge in [0, 0.05) is 35.7 Å². The third-order valence-corrected chi connectivity index (χ3v) is 5.71. The molecular formula is C21H22N4O. The van der Waals surface area contributed by atoms with E-state index in [9.17, 15) is 0 Å². The highest BCUT2D eigenvalue weighted by Gasteiger charge is 2.46. The lowest BCUT2D eigenvalue weighted by atomic mass is 9.92. The summed E-state index contributed by atoms with van der Waals surface area (Å²) in [6, 6.07) is 15.2. The predicted molar refractivity (Wildman–Crippen MR) is 103 cm³/mol. The van der Waals surface area contributed by atoms with Gasteiger partial charge in [-0.15, -0.1) is 0 Å². The number of rotatable bonds is 3. The molecule has 5 nitrogen and oxygen atoms in total. The topological polar surface area (TPSA) is 53.2 Å². The van der Waals surface area contributed by atoms with E-state index in [0.29, 0.717) is 0 Å². The van der Waals surface area contributed by atoms with Crippen molar-refractivity contribution in [3.63, 3.8) is 0 Å². The molecule has 2 N–H and O–H groups in total. The fourth-order valence-electron chi connectivity index (χ4n) is 4.41. The highest BCUT2D eigenvalue weighted by atomic mass is 16.5. The van der Waals surface area contributed by atoms with E-state index in [1.54, 1.807) is 7.11 Å². The molecule has 1 atom stereocenters. The second kappa shape index (κ2) is 5.88. The van der Waals surface area contributed by atoms with Crippen molar-refractivity contribution in [2.75, 3.05) is 25.1 Å². The minimum atomic E-state index is 0.117. The Labute approximate surface area is 153 Å². The van der Waals surface area contributed by atoms with Gasteiger partial charge in [0.2, 0.25) is 0 Å². The fourth-order valence-corrected chi connectivity index (χ4v) is 4.41. The van der Waals surface area contributed by atoms with Crippen LogP contribution in [0.15, 0.2) is 54.9 Å². The second-order valence-corrected chi connectivity index (χ2v) is 7.19. The van der Waals surface area contributed by atoms with Crippen molar-refractivity contribution in [2.24, 2.45) is 0 Å². The summed E-state index contributed by atoms with van der Waals surface area (Å²) < 4.78 is 5.49. The molecule has 1 fully saturated rings. The van der Waals surface area contributed by atoms with Crippen molar-refractivity contribution in [1.29, 1.82) is 0 Å². The van der Waals surface area contributed by atoms with Crippen LogP contribution >= 0.6 is 0 Å². The first-order valence-corrected chi connectivity index (χ1v) is 9.06. The van der Waals surface area contributed by atoms with Crippen LogP contribution in [0.1, 0.15) is 12.0 Å². The van der Waals surface area contributed by atoms with Crippen LogP contribution in [-0.2, 0) is 6.42 Å². The van der Waals surface area contributed by atoms with Gasteiger partial charge >= 0.3 is 0 Å². The molecule has 26 heavy (non-hydrogen) atoms. The Kier molecular flexibility index (Phi) is 3.50. The number of aromatic nitrogens is 2. The van der Waals surface area contributed by atoms with Gasteiger partial charge in [0.25, 0.3) is 0 Å². The lowest BCUT2D eigenvalue weighted by molar-refractivity contribution is 0.415. The molecule has 0 amide bonds. The first-order chi connectivity index (χ1) is 12.8. The first kappa shape index (κ1) is 15.5. The Morgan fingerprint density at radius 1 is 1.12 bits per heavy atom. The zero-order valence-electron chi connectivity index (χ0n) is 14.8. The number of hydrogen-bond donors (Lipinski definition) is 2. The van der Waals surface area contributed by atoms with E-state index in [4.69, 9.17) is 4.74 Å². The highest BCUT2D eigenvalue weighted by Crippen LogP contribution is 2.48. The van der Waals surface area contributed by atoms with Gasteiger partial charge < -0.3 is 15.0 Å². The number of nitrogens with zero attached hydrogens (tertiary/aromatic N) is 2. The van der Waals surface area contributed by atoms with Gasteiger partial charge in [-0.25, -0.2) is 0 Å². The molecule has 1 spiro atoms. The number of benzene rings is 2. The second-order valence-electron chi connectivity index (χ2n) is 7.19. The molecule has 0 saturated carbocycles. The lowest BCUT2D eigenvalue weighted by Crippen LogP contribution is -2.45. The molecule has 5 rings (SSSR count). The zero-order chi connectivity index (χ0) is 17.6. The monoisotopic (exact) mass is 346 g/mol. The quantitative estimate of drug-likeness (QED) is 0.762. The molecular weight excluding hydrogens is 324 g/mol. The summed E-state index contributed by atoms with van der Waals surface area (Å²) in [5, 5.41) is 10.5. The van der Waals surface area contributed by atoms with E-state index in [0.717, 1.165) is 37.2 Å².